The molecule has 0 amide bonds. The molecule has 0 atom stereocenters. The normalized spacial score (nSPS) is 14.2. The highest BCUT2D eigenvalue weighted by atomic mass is 16.5. The fourth-order valence-corrected chi connectivity index (χ4v) is 3.45. The number of aryl methyl sites for hydroxylation is 1. The summed E-state index contributed by atoms with van der Waals surface area (Å²) in [6, 6.07) is 11.5. The van der Waals surface area contributed by atoms with Crippen LogP contribution in [0.4, 0.5) is 5.69 Å². The van der Waals surface area contributed by atoms with Crippen LogP contribution < -0.4 is 4.90 Å². The molecule has 0 bridgehead atoms. The van der Waals surface area contributed by atoms with Crippen molar-refractivity contribution in [3.8, 4) is 11.3 Å². The lowest BCUT2D eigenvalue weighted by Gasteiger charge is -2.31. The summed E-state index contributed by atoms with van der Waals surface area (Å²) in [4.78, 5) is 30.8. The predicted octanol–water partition coefficient (Wildman–Crippen LogP) is 2.70. The van der Waals surface area contributed by atoms with Crippen molar-refractivity contribution in [3.63, 3.8) is 0 Å². The highest BCUT2D eigenvalue weighted by molar-refractivity contribution is 6.03. The minimum atomic E-state index is -0.628. The van der Waals surface area contributed by atoms with E-state index in [1.54, 1.807) is 4.90 Å². The number of ether oxygens (including phenoxy) is 3. The average Bonchev–Trinajstić information content (AvgIpc) is 3.23. The summed E-state index contributed by atoms with van der Waals surface area (Å²) in [6.07, 6.45) is 3.93. The SMILES string of the molecule is COC(=O)C1=C(C(=O)OC)N(c2ccc(-c3cn4cccc(C)c4n3)cc2)COC1. The van der Waals surface area contributed by atoms with Crippen LogP contribution in [0.15, 0.2) is 60.1 Å². The third-order valence-corrected chi connectivity index (χ3v) is 4.99. The van der Waals surface area contributed by atoms with Gasteiger partial charge < -0.3 is 23.5 Å². The maximum atomic E-state index is 12.4. The fraction of sp³-hybridized carbons (Fsp3) is 0.227. The molecule has 2 aromatic heterocycles. The second-order valence-corrected chi connectivity index (χ2v) is 6.81. The molecule has 1 aromatic carbocycles. The Bertz CT molecular complexity index is 1150. The topological polar surface area (TPSA) is 82.4 Å². The molecule has 3 aromatic rings. The van der Waals surface area contributed by atoms with Gasteiger partial charge in [-0.1, -0.05) is 18.2 Å². The molecule has 0 aliphatic carbocycles. The summed E-state index contributed by atoms with van der Waals surface area (Å²) in [5.74, 6) is -1.25. The van der Waals surface area contributed by atoms with Gasteiger partial charge in [-0.25, -0.2) is 14.6 Å². The van der Waals surface area contributed by atoms with Crippen LogP contribution in [0.25, 0.3) is 16.9 Å². The Hall–Kier alpha value is -3.65. The number of hydrogen-bond acceptors (Lipinski definition) is 7. The maximum Gasteiger partial charge on any atom is 0.355 e. The first kappa shape index (κ1) is 19.7. The minimum Gasteiger partial charge on any atom is -0.466 e. The van der Waals surface area contributed by atoms with Crippen LogP contribution in [-0.4, -0.2) is 48.9 Å². The van der Waals surface area contributed by atoms with Gasteiger partial charge >= 0.3 is 11.9 Å². The molecule has 0 unspecified atom stereocenters. The minimum absolute atomic E-state index is 0.0215. The third kappa shape index (κ3) is 3.42. The molecule has 0 N–H and O–H groups in total. The van der Waals surface area contributed by atoms with Crippen molar-refractivity contribution in [3.05, 3.63) is 65.6 Å². The summed E-state index contributed by atoms with van der Waals surface area (Å²) in [5.41, 5.74) is 4.68. The number of anilines is 1. The van der Waals surface area contributed by atoms with Crippen LogP contribution in [0.2, 0.25) is 0 Å². The Morgan fingerprint density at radius 2 is 1.80 bits per heavy atom. The Morgan fingerprint density at radius 3 is 2.47 bits per heavy atom. The molecule has 0 saturated heterocycles. The number of rotatable bonds is 4. The van der Waals surface area contributed by atoms with Gasteiger partial charge in [0, 0.05) is 23.6 Å². The first-order chi connectivity index (χ1) is 14.5. The van der Waals surface area contributed by atoms with E-state index in [4.69, 9.17) is 19.2 Å². The molecule has 1 aliphatic heterocycles. The maximum absolute atomic E-state index is 12.4. The van der Waals surface area contributed by atoms with Crippen molar-refractivity contribution in [2.75, 3.05) is 32.5 Å². The number of aromatic nitrogens is 2. The molecule has 30 heavy (non-hydrogen) atoms. The lowest BCUT2D eigenvalue weighted by atomic mass is 10.1. The van der Waals surface area contributed by atoms with Gasteiger partial charge in [-0.15, -0.1) is 0 Å². The predicted molar refractivity (Wildman–Crippen MR) is 110 cm³/mol. The van der Waals surface area contributed by atoms with Crippen molar-refractivity contribution >= 4 is 23.3 Å². The molecule has 3 heterocycles. The zero-order valence-electron chi connectivity index (χ0n) is 16.9. The van der Waals surface area contributed by atoms with Crippen LogP contribution >= 0.6 is 0 Å². The molecule has 0 radical (unpaired) electrons. The van der Waals surface area contributed by atoms with Crippen LogP contribution in [-0.2, 0) is 23.8 Å². The second kappa shape index (κ2) is 8.00. The Balaban J connectivity index is 1.70. The van der Waals surface area contributed by atoms with Gasteiger partial charge in [0.1, 0.15) is 18.1 Å². The first-order valence-electron chi connectivity index (χ1n) is 9.33. The van der Waals surface area contributed by atoms with Crippen LogP contribution in [0, 0.1) is 6.92 Å². The summed E-state index contributed by atoms with van der Waals surface area (Å²) in [6.45, 7) is 2.11. The lowest BCUT2D eigenvalue weighted by Crippen LogP contribution is -2.38. The molecular weight excluding hydrogens is 386 g/mol. The number of methoxy groups -OCH3 is 2. The Labute approximate surface area is 173 Å². The van der Waals surface area contributed by atoms with Crippen molar-refractivity contribution in [1.29, 1.82) is 0 Å². The van der Waals surface area contributed by atoms with Crippen molar-refractivity contribution in [2.24, 2.45) is 0 Å². The van der Waals surface area contributed by atoms with E-state index in [2.05, 4.69) is 0 Å². The average molecular weight is 407 g/mol. The molecule has 0 fully saturated rings. The van der Waals surface area contributed by atoms with Gasteiger partial charge in [-0.2, -0.15) is 0 Å². The molecule has 8 heteroatoms. The van der Waals surface area contributed by atoms with Crippen molar-refractivity contribution < 1.29 is 23.8 Å². The van der Waals surface area contributed by atoms with Gasteiger partial charge in [-0.3, -0.25) is 0 Å². The molecule has 4 rings (SSSR count). The highest BCUT2D eigenvalue weighted by Gasteiger charge is 2.32. The number of nitrogens with zero attached hydrogens (tertiary/aromatic N) is 3. The zero-order chi connectivity index (χ0) is 21.3. The second-order valence-electron chi connectivity index (χ2n) is 6.81. The molecule has 154 valence electrons. The quantitative estimate of drug-likeness (QED) is 0.615. The fourth-order valence-electron chi connectivity index (χ4n) is 3.45. The van der Waals surface area contributed by atoms with E-state index in [1.807, 2.05) is 60.1 Å². The summed E-state index contributed by atoms with van der Waals surface area (Å²) in [7, 11) is 2.53. The van der Waals surface area contributed by atoms with Gasteiger partial charge in [0.15, 0.2) is 0 Å². The molecule has 8 nitrogen and oxygen atoms in total. The summed E-state index contributed by atoms with van der Waals surface area (Å²) >= 11 is 0. The van der Waals surface area contributed by atoms with E-state index in [1.165, 1.54) is 14.2 Å². The van der Waals surface area contributed by atoms with Gasteiger partial charge in [-0.05, 0) is 30.7 Å². The molecule has 0 saturated carbocycles. The number of hydrogen-bond donors (Lipinski definition) is 0. The highest BCUT2D eigenvalue weighted by Crippen LogP contribution is 2.29. The van der Waals surface area contributed by atoms with E-state index in [0.29, 0.717) is 5.69 Å². The van der Waals surface area contributed by atoms with Crippen molar-refractivity contribution in [2.45, 2.75) is 6.92 Å². The summed E-state index contributed by atoms with van der Waals surface area (Å²) in [5, 5.41) is 0. The number of benzene rings is 1. The standard InChI is InChI=1S/C22H21N3O5/c1-14-5-4-10-24-11-18(23-20(14)24)15-6-8-16(9-7-15)25-13-30-12-17(21(26)28-2)19(25)22(27)29-3/h4-11H,12-13H2,1-3H3. The van der Waals surface area contributed by atoms with Gasteiger partial charge in [0.05, 0.1) is 32.1 Å². The van der Waals surface area contributed by atoms with E-state index >= 15 is 0 Å². The molecular formula is C22H21N3O5. The van der Waals surface area contributed by atoms with E-state index in [0.717, 1.165) is 22.5 Å². The number of esters is 2. The summed E-state index contributed by atoms with van der Waals surface area (Å²) < 4.78 is 17.2. The third-order valence-electron chi connectivity index (χ3n) is 4.99. The van der Waals surface area contributed by atoms with E-state index in [9.17, 15) is 9.59 Å². The van der Waals surface area contributed by atoms with Gasteiger partial charge in [0.2, 0.25) is 0 Å². The number of pyridine rings is 1. The number of carbonyl (C=O) groups excluding carboxylic acids is 2. The smallest absolute Gasteiger partial charge is 0.355 e. The Morgan fingerprint density at radius 1 is 1.07 bits per heavy atom. The van der Waals surface area contributed by atoms with E-state index < -0.39 is 11.9 Å². The number of carbonyl (C=O) groups is 2. The van der Waals surface area contributed by atoms with Crippen molar-refractivity contribution in [1.82, 2.24) is 9.38 Å². The number of fused-ring (bicyclic) bond motifs is 1. The van der Waals surface area contributed by atoms with Gasteiger partial charge in [0.25, 0.3) is 0 Å². The first-order valence-corrected chi connectivity index (χ1v) is 9.33. The Kier molecular flexibility index (Phi) is 5.24. The van der Waals surface area contributed by atoms with Crippen LogP contribution in [0.3, 0.4) is 0 Å². The van der Waals surface area contributed by atoms with Crippen LogP contribution in [0.5, 0.6) is 0 Å². The molecule has 1 aliphatic rings. The monoisotopic (exact) mass is 407 g/mol. The number of imidazole rings is 1. The largest absolute Gasteiger partial charge is 0.466 e. The van der Waals surface area contributed by atoms with E-state index in [-0.39, 0.29) is 24.6 Å². The molecule has 0 spiro atoms. The lowest BCUT2D eigenvalue weighted by molar-refractivity contribution is -0.140. The van der Waals surface area contributed by atoms with Crippen LogP contribution in [0.1, 0.15) is 5.56 Å². The zero-order valence-corrected chi connectivity index (χ0v) is 16.9.